The van der Waals surface area contributed by atoms with E-state index in [1.165, 1.54) is 4.90 Å². The summed E-state index contributed by atoms with van der Waals surface area (Å²) in [4.78, 5) is 31.0. The third kappa shape index (κ3) is 5.18. The van der Waals surface area contributed by atoms with Gasteiger partial charge in [0.15, 0.2) is 0 Å². The summed E-state index contributed by atoms with van der Waals surface area (Å²) in [7, 11) is 0. The molecule has 1 unspecified atom stereocenters. The van der Waals surface area contributed by atoms with Gasteiger partial charge in [0.2, 0.25) is 5.91 Å². The third-order valence-corrected chi connectivity index (χ3v) is 5.54. The second kappa shape index (κ2) is 10.7. The lowest BCUT2D eigenvalue weighted by Crippen LogP contribution is -2.69. The van der Waals surface area contributed by atoms with Crippen molar-refractivity contribution in [3.63, 3.8) is 0 Å². The van der Waals surface area contributed by atoms with Gasteiger partial charge in [-0.3, -0.25) is 14.7 Å². The third-order valence-electron chi connectivity index (χ3n) is 5.54. The summed E-state index contributed by atoms with van der Waals surface area (Å²) in [6, 6.07) is 3.61. The topological polar surface area (TPSA) is 95.0 Å². The zero-order valence-corrected chi connectivity index (χ0v) is 17.5. The normalized spacial score (nSPS) is 22.6. The smallest absolute Gasteiger partial charge is 0.407 e. The summed E-state index contributed by atoms with van der Waals surface area (Å²) < 4.78 is 5.97. The molecule has 2 fully saturated rings. The Balaban J connectivity index is 0.00000196. The molecule has 2 N–H and O–H groups in total. The first kappa shape index (κ1) is 24.3. The van der Waals surface area contributed by atoms with Crippen LogP contribution in [0.1, 0.15) is 19.8 Å². The Kier molecular flexibility index (Phi) is 9.26. The number of rotatable bonds is 4. The Morgan fingerprint density at radius 2 is 2.04 bits per heavy atom. The molecule has 0 aliphatic carbocycles. The van der Waals surface area contributed by atoms with Crippen molar-refractivity contribution in [3.8, 4) is 5.75 Å². The number of nitrogens with one attached hydrogen (secondary N) is 1. The number of piperazine rings is 1. The van der Waals surface area contributed by atoms with Gasteiger partial charge in [-0.1, -0.05) is 0 Å². The Morgan fingerprint density at radius 3 is 2.61 bits per heavy atom. The highest BCUT2D eigenvalue weighted by Crippen LogP contribution is 2.35. The molecule has 2 saturated heterocycles. The predicted octanol–water partition coefficient (Wildman–Crippen LogP) is 1.88. The van der Waals surface area contributed by atoms with Crippen molar-refractivity contribution >= 4 is 36.8 Å². The Labute approximate surface area is 177 Å². The second-order valence-corrected chi connectivity index (χ2v) is 6.97. The van der Waals surface area contributed by atoms with E-state index in [1.807, 2.05) is 11.0 Å². The Bertz CT molecular complexity index is 644. The number of aromatic nitrogens is 1. The van der Waals surface area contributed by atoms with E-state index in [9.17, 15) is 14.7 Å². The summed E-state index contributed by atoms with van der Waals surface area (Å²) in [6.45, 7) is 4.76. The minimum Gasteiger partial charge on any atom is -0.489 e. The first-order chi connectivity index (χ1) is 12.5. The molecule has 0 spiro atoms. The summed E-state index contributed by atoms with van der Waals surface area (Å²) in [5.74, 6) is 0.823. The fourth-order valence-corrected chi connectivity index (χ4v) is 4.08. The van der Waals surface area contributed by atoms with Gasteiger partial charge in [-0.2, -0.15) is 0 Å². The largest absolute Gasteiger partial charge is 0.489 e. The molecule has 1 atom stereocenters. The molecule has 3 heterocycles. The number of amides is 2. The highest BCUT2D eigenvalue weighted by molar-refractivity contribution is 5.85. The van der Waals surface area contributed by atoms with Gasteiger partial charge in [-0.05, 0) is 30.9 Å². The number of nitrogens with zero attached hydrogens (tertiary/aromatic N) is 3. The molecule has 2 aliphatic rings. The van der Waals surface area contributed by atoms with Crippen LogP contribution in [0.2, 0.25) is 0 Å². The Morgan fingerprint density at radius 1 is 1.32 bits per heavy atom. The van der Waals surface area contributed by atoms with Crippen LogP contribution < -0.4 is 10.1 Å². The molecule has 1 aromatic rings. The number of halogens is 2. The molecule has 0 saturated carbocycles. The maximum Gasteiger partial charge on any atom is 0.407 e. The molecular formula is C18H28Cl2N4O4. The van der Waals surface area contributed by atoms with Crippen LogP contribution in [0.5, 0.6) is 5.75 Å². The van der Waals surface area contributed by atoms with Crippen molar-refractivity contribution < 1.29 is 19.4 Å². The molecule has 2 amide bonds. The standard InChI is InChI=1S/C18H26N4O4.2ClH/c1-14(23)21-8-4-15(5-9-21)18(12-20-7-10-22(18)17(24)25)13-26-16-3-2-6-19-11-16;;/h2-3,6,11,15,20H,4-5,7-10,12-13H2,1H3,(H,24,25);2*1H. The number of hydrogen-bond acceptors (Lipinski definition) is 5. The first-order valence-corrected chi connectivity index (χ1v) is 9.02. The van der Waals surface area contributed by atoms with Gasteiger partial charge in [-0.15, -0.1) is 24.8 Å². The number of ether oxygens (including phenoxy) is 1. The van der Waals surface area contributed by atoms with Gasteiger partial charge < -0.3 is 20.1 Å². The Hall–Kier alpha value is -1.77. The second-order valence-electron chi connectivity index (χ2n) is 6.97. The van der Waals surface area contributed by atoms with Gasteiger partial charge in [0.05, 0.1) is 11.7 Å². The highest BCUT2D eigenvalue weighted by Gasteiger charge is 2.49. The average molecular weight is 435 g/mol. The molecule has 1 aromatic heterocycles. The van der Waals surface area contributed by atoms with E-state index >= 15 is 0 Å². The molecule has 10 heteroatoms. The van der Waals surface area contributed by atoms with Crippen molar-refractivity contribution in [1.29, 1.82) is 0 Å². The molecule has 0 bridgehead atoms. The number of piperidine rings is 1. The summed E-state index contributed by atoms with van der Waals surface area (Å²) >= 11 is 0. The summed E-state index contributed by atoms with van der Waals surface area (Å²) in [6.07, 6.45) is 3.91. The zero-order chi connectivity index (χ0) is 18.6. The van der Waals surface area contributed by atoms with Crippen LogP contribution in [0.3, 0.4) is 0 Å². The van der Waals surface area contributed by atoms with Crippen LogP contribution in [0.25, 0.3) is 0 Å². The first-order valence-electron chi connectivity index (χ1n) is 9.02. The van der Waals surface area contributed by atoms with Crippen LogP contribution in [0, 0.1) is 5.92 Å². The lowest BCUT2D eigenvalue weighted by atomic mass is 9.75. The molecule has 8 nitrogen and oxygen atoms in total. The molecule has 3 rings (SSSR count). The van der Waals surface area contributed by atoms with Gasteiger partial charge in [0.1, 0.15) is 12.4 Å². The van der Waals surface area contributed by atoms with Crippen molar-refractivity contribution in [2.45, 2.75) is 25.3 Å². The van der Waals surface area contributed by atoms with E-state index < -0.39 is 11.6 Å². The number of likely N-dealkylation sites (tertiary alicyclic amines) is 1. The van der Waals surface area contributed by atoms with Crippen LogP contribution >= 0.6 is 24.8 Å². The summed E-state index contributed by atoms with van der Waals surface area (Å²) in [5, 5.41) is 13.2. The SMILES string of the molecule is CC(=O)N1CCC(C2(COc3cccnc3)CNCCN2C(=O)O)CC1.Cl.Cl. The lowest BCUT2D eigenvalue weighted by Gasteiger charge is -2.52. The fourth-order valence-electron chi connectivity index (χ4n) is 4.08. The van der Waals surface area contributed by atoms with E-state index in [4.69, 9.17) is 4.74 Å². The number of carbonyl (C=O) groups excluding carboxylic acids is 1. The molecule has 28 heavy (non-hydrogen) atoms. The van der Waals surface area contributed by atoms with Gasteiger partial charge >= 0.3 is 6.09 Å². The van der Waals surface area contributed by atoms with Crippen molar-refractivity contribution in [2.75, 3.05) is 39.3 Å². The molecule has 2 aliphatic heterocycles. The van der Waals surface area contributed by atoms with E-state index in [2.05, 4.69) is 10.3 Å². The zero-order valence-electron chi connectivity index (χ0n) is 15.9. The quantitative estimate of drug-likeness (QED) is 0.750. The average Bonchev–Trinajstić information content (AvgIpc) is 2.67. The predicted molar refractivity (Wildman–Crippen MR) is 110 cm³/mol. The number of hydrogen-bond donors (Lipinski definition) is 2. The molecular weight excluding hydrogens is 407 g/mol. The minimum atomic E-state index is -0.921. The fraction of sp³-hybridized carbons (Fsp3) is 0.611. The van der Waals surface area contributed by atoms with Gasteiger partial charge in [0.25, 0.3) is 0 Å². The highest BCUT2D eigenvalue weighted by atomic mass is 35.5. The van der Waals surface area contributed by atoms with E-state index in [1.54, 1.807) is 25.4 Å². The van der Waals surface area contributed by atoms with Crippen LogP contribution in [0.4, 0.5) is 4.79 Å². The molecule has 0 aromatic carbocycles. The van der Waals surface area contributed by atoms with Crippen LogP contribution in [0.15, 0.2) is 24.5 Å². The van der Waals surface area contributed by atoms with E-state index in [-0.39, 0.29) is 43.2 Å². The number of carboxylic acid groups (broad SMARTS) is 1. The summed E-state index contributed by atoms with van der Waals surface area (Å²) in [5.41, 5.74) is -0.650. The molecule has 0 radical (unpaired) electrons. The van der Waals surface area contributed by atoms with E-state index in [0.29, 0.717) is 38.5 Å². The minimum absolute atomic E-state index is 0. The lowest BCUT2D eigenvalue weighted by molar-refractivity contribution is -0.131. The van der Waals surface area contributed by atoms with Crippen molar-refractivity contribution in [3.05, 3.63) is 24.5 Å². The van der Waals surface area contributed by atoms with Gasteiger partial charge in [0, 0.05) is 45.8 Å². The van der Waals surface area contributed by atoms with E-state index in [0.717, 1.165) is 12.8 Å². The van der Waals surface area contributed by atoms with Crippen LogP contribution in [-0.2, 0) is 4.79 Å². The molecule has 158 valence electrons. The number of carbonyl (C=O) groups is 2. The maximum absolute atomic E-state index is 12.0. The number of pyridine rings is 1. The van der Waals surface area contributed by atoms with Crippen molar-refractivity contribution in [2.24, 2.45) is 5.92 Å². The van der Waals surface area contributed by atoms with Gasteiger partial charge in [-0.25, -0.2) is 4.79 Å². The van der Waals surface area contributed by atoms with Crippen LogP contribution in [-0.4, -0.2) is 76.8 Å². The van der Waals surface area contributed by atoms with Crippen molar-refractivity contribution in [1.82, 2.24) is 20.1 Å². The maximum atomic E-state index is 12.0. The monoisotopic (exact) mass is 434 g/mol.